The Balaban J connectivity index is 2.98. The van der Waals surface area contributed by atoms with Gasteiger partial charge in [-0.3, -0.25) is 0 Å². The van der Waals surface area contributed by atoms with E-state index in [0.717, 1.165) is 0 Å². The molecule has 1 aromatic rings. The second kappa shape index (κ2) is 4.30. The van der Waals surface area contributed by atoms with Crippen molar-refractivity contribution in [3.8, 4) is 0 Å². The summed E-state index contributed by atoms with van der Waals surface area (Å²) in [6.45, 7) is 1.62. The van der Waals surface area contributed by atoms with E-state index in [1.54, 1.807) is 6.92 Å². The van der Waals surface area contributed by atoms with Crippen molar-refractivity contribution in [1.29, 1.82) is 0 Å². The molecule has 1 atom stereocenters. The monoisotopic (exact) mass is 187 g/mol. The first-order valence-electron chi connectivity index (χ1n) is 3.89. The van der Waals surface area contributed by atoms with Gasteiger partial charge in [-0.05, 0) is 19.1 Å². The molecule has 0 amide bonds. The fraction of sp³-hybridized carbons (Fsp3) is 0.333. The van der Waals surface area contributed by atoms with Gasteiger partial charge in [0.25, 0.3) is 0 Å². The first-order valence-corrected chi connectivity index (χ1v) is 3.89. The first kappa shape index (κ1) is 10.1. The van der Waals surface area contributed by atoms with Crippen LogP contribution in [0.15, 0.2) is 18.2 Å². The lowest BCUT2D eigenvalue weighted by Gasteiger charge is -2.13. The van der Waals surface area contributed by atoms with Crippen LogP contribution in [0, 0.1) is 11.6 Å². The van der Waals surface area contributed by atoms with E-state index in [0.29, 0.717) is 0 Å². The molecule has 1 N–H and O–H groups in total. The quantitative estimate of drug-likeness (QED) is 0.732. The molecule has 0 heterocycles. The van der Waals surface area contributed by atoms with Crippen LogP contribution in [0.5, 0.6) is 0 Å². The van der Waals surface area contributed by atoms with Crippen LogP contribution in [0.3, 0.4) is 0 Å². The van der Waals surface area contributed by atoms with E-state index in [2.05, 4.69) is 10.3 Å². The highest BCUT2D eigenvalue weighted by Crippen LogP contribution is 2.19. The van der Waals surface area contributed by atoms with Crippen molar-refractivity contribution in [1.82, 2.24) is 5.48 Å². The molecule has 0 aliphatic heterocycles. The Bertz CT molecular complexity index is 271. The predicted octanol–water partition coefficient (Wildman–Crippen LogP) is 2.18. The third-order valence-electron chi connectivity index (χ3n) is 1.73. The van der Waals surface area contributed by atoms with Gasteiger partial charge in [-0.15, -0.1) is 0 Å². The third kappa shape index (κ3) is 2.23. The van der Waals surface area contributed by atoms with E-state index < -0.39 is 17.7 Å². The maximum atomic E-state index is 13.1. The lowest BCUT2D eigenvalue weighted by Crippen LogP contribution is -2.19. The Morgan fingerprint density at radius 2 is 1.85 bits per heavy atom. The Labute approximate surface area is 75.5 Å². The van der Waals surface area contributed by atoms with Crippen LogP contribution in [0.4, 0.5) is 8.78 Å². The summed E-state index contributed by atoms with van der Waals surface area (Å²) < 4.78 is 26.2. The van der Waals surface area contributed by atoms with E-state index >= 15 is 0 Å². The topological polar surface area (TPSA) is 21.3 Å². The van der Waals surface area contributed by atoms with E-state index in [-0.39, 0.29) is 5.56 Å². The van der Waals surface area contributed by atoms with Gasteiger partial charge in [0.05, 0.1) is 13.2 Å². The maximum Gasteiger partial charge on any atom is 0.130 e. The highest BCUT2D eigenvalue weighted by molar-refractivity contribution is 5.22. The molecule has 0 aliphatic carbocycles. The fourth-order valence-corrected chi connectivity index (χ4v) is 1.16. The minimum absolute atomic E-state index is 0.00986. The van der Waals surface area contributed by atoms with E-state index in [1.165, 1.54) is 25.3 Å². The van der Waals surface area contributed by atoms with Crippen molar-refractivity contribution in [2.45, 2.75) is 13.0 Å². The number of benzene rings is 1. The minimum atomic E-state index is -0.572. The number of hydroxylamine groups is 1. The number of halogens is 2. The molecule has 0 aliphatic rings. The summed E-state index contributed by atoms with van der Waals surface area (Å²) in [5, 5.41) is 0. The smallest absolute Gasteiger partial charge is 0.130 e. The maximum absolute atomic E-state index is 13.1. The van der Waals surface area contributed by atoms with Crippen LogP contribution in [0.2, 0.25) is 0 Å². The second-order valence-corrected chi connectivity index (χ2v) is 2.68. The molecule has 4 heteroatoms. The summed E-state index contributed by atoms with van der Waals surface area (Å²) in [5.74, 6) is -1.14. The van der Waals surface area contributed by atoms with Gasteiger partial charge in [0.2, 0.25) is 0 Å². The van der Waals surface area contributed by atoms with E-state index in [9.17, 15) is 8.78 Å². The van der Waals surface area contributed by atoms with Crippen molar-refractivity contribution < 1.29 is 13.6 Å². The summed E-state index contributed by atoms with van der Waals surface area (Å²) in [4.78, 5) is 4.58. The summed E-state index contributed by atoms with van der Waals surface area (Å²) in [5.41, 5.74) is 2.45. The molecule has 0 spiro atoms. The van der Waals surface area contributed by atoms with Gasteiger partial charge in [-0.1, -0.05) is 6.07 Å². The van der Waals surface area contributed by atoms with Gasteiger partial charge in [0.15, 0.2) is 0 Å². The highest BCUT2D eigenvalue weighted by atomic mass is 19.1. The molecule has 1 unspecified atom stereocenters. The SMILES string of the molecule is CONC(C)c1c(F)cccc1F. The second-order valence-electron chi connectivity index (χ2n) is 2.68. The van der Waals surface area contributed by atoms with Crippen LogP contribution in [0.25, 0.3) is 0 Å². The van der Waals surface area contributed by atoms with Gasteiger partial charge in [0, 0.05) is 5.56 Å². The highest BCUT2D eigenvalue weighted by Gasteiger charge is 2.14. The van der Waals surface area contributed by atoms with Crippen molar-refractivity contribution in [2.24, 2.45) is 0 Å². The average molecular weight is 187 g/mol. The van der Waals surface area contributed by atoms with Gasteiger partial charge < -0.3 is 4.84 Å². The lowest BCUT2D eigenvalue weighted by atomic mass is 10.1. The summed E-state index contributed by atoms with van der Waals surface area (Å²) in [7, 11) is 1.40. The van der Waals surface area contributed by atoms with Crippen molar-refractivity contribution >= 4 is 0 Å². The first-order chi connectivity index (χ1) is 6.16. The molecule has 2 nitrogen and oxygen atoms in total. The number of nitrogens with one attached hydrogen (secondary N) is 1. The summed E-state index contributed by atoms with van der Waals surface area (Å²) in [6.07, 6.45) is 0. The van der Waals surface area contributed by atoms with Crippen LogP contribution < -0.4 is 5.48 Å². The van der Waals surface area contributed by atoms with Crippen molar-refractivity contribution in [3.05, 3.63) is 35.4 Å². The molecule has 0 aromatic heterocycles. The summed E-state index contributed by atoms with van der Waals surface area (Å²) in [6, 6.07) is 3.25. The molecule has 0 saturated heterocycles. The molecular weight excluding hydrogens is 176 g/mol. The largest absolute Gasteiger partial charge is 0.305 e. The molecule has 72 valence electrons. The molecule has 13 heavy (non-hydrogen) atoms. The zero-order valence-corrected chi connectivity index (χ0v) is 7.47. The number of hydrogen-bond acceptors (Lipinski definition) is 2. The van der Waals surface area contributed by atoms with Crippen LogP contribution in [0.1, 0.15) is 18.5 Å². The van der Waals surface area contributed by atoms with E-state index in [1.807, 2.05) is 0 Å². The zero-order chi connectivity index (χ0) is 9.84. The van der Waals surface area contributed by atoms with Gasteiger partial charge in [-0.25, -0.2) is 8.78 Å². The Hall–Kier alpha value is -1.00. The average Bonchev–Trinajstić information content (AvgIpc) is 2.04. The third-order valence-corrected chi connectivity index (χ3v) is 1.73. The van der Waals surface area contributed by atoms with Gasteiger partial charge in [-0.2, -0.15) is 5.48 Å². The summed E-state index contributed by atoms with van der Waals surface area (Å²) >= 11 is 0. The minimum Gasteiger partial charge on any atom is -0.305 e. The number of hydrogen-bond donors (Lipinski definition) is 1. The molecular formula is C9H11F2NO. The zero-order valence-electron chi connectivity index (χ0n) is 7.47. The van der Waals surface area contributed by atoms with Crippen molar-refractivity contribution in [2.75, 3.05) is 7.11 Å². The Morgan fingerprint density at radius 1 is 1.31 bits per heavy atom. The molecule has 0 saturated carbocycles. The van der Waals surface area contributed by atoms with Gasteiger partial charge in [0.1, 0.15) is 11.6 Å². The molecule has 0 fully saturated rings. The molecule has 0 bridgehead atoms. The van der Waals surface area contributed by atoms with Crippen molar-refractivity contribution in [3.63, 3.8) is 0 Å². The Kier molecular flexibility index (Phi) is 3.33. The number of rotatable bonds is 3. The van der Waals surface area contributed by atoms with Crippen LogP contribution in [-0.2, 0) is 4.84 Å². The Morgan fingerprint density at radius 3 is 2.31 bits per heavy atom. The molecule has 0 radical (unpaired) electrons. The fourth-order valence-electron chi connectivity index (χ4n) is 1.16. The molecule has 1 aromatic carbocycles. The van der Waals surface area contributed by atoms with Gasteiger partial charge >= 0.3 is 0 Å². The van der Waals surface area contributed by atoms with Crippen LogP contribution >= 0.6 is 0 Å². The lowest BCUT2D eigenvalue weighted by molar-refractivity contribution is 0.0637. The molecule has 1 rings (SSSR count). The normalized spacial score (nSPS) is 12.9. The predicted molar refractivity (Wildman–Crippen MR) is 44.9 cm³/mol. The van der Waals surface area contributed by atoms with E-state index in [4.69, 9.17) is 0 Å². The standard InChI is InChI=1S/C9H11F2NO/c1-6(12-13-2)9-7(10)4-3-5-8(9)11/h3-6,12H,1-2H3. The van der Waals surface area contributed by atoms with Crippen LogP contribution in [-0.4, -0.2) is 7.11 Å².